The second kappa shape index (κ2) is 4.67. The van der Waals surface area contributed by atoms with Gasteiger partial charge in [0.05, 0.1) is 5.97 Å². The molecule has 0 N–H and O–H groups in total. The van der Waals surface area contributed by atoms with Crippen LogP contribution >= 0.6 is 11.6 Å². The van der Waals surface area contributed by atoms with Crippen LogP contribution in [-0.4, -0.2) is 5.97 Å². The summed E-state index contributed by atoms with van der Waals surface area (Å²) in [7, 11) is 0. The second-order valence-electron chi connectivity index (χ2n) is 2.48. The molecule has 0 amide bonds. The van der Waals surface area contributed by atoms with Crippen molar-refractivity contribution in [3.63, 3.8) is 0 Å². The van der Waals surface area contributed by atoms with E-state index >= 15 is 0 Å². The average Bonchev–Trinajstić information content (AvgIpc) is 2.15. The molecule has 3 heteroatoms. The normalized spacial score (nSPS) is 10.5. The fourth-order valence-electron chi connectivity index (χ4n) is 0.976. The zero-order valence-corrected chi connectivity index (χ0v) is 7.62. The van der Waals surface area contributed by atoms with Crippen LogP contribution in [0.5, 0.6) is 0 Å². The number of aliphatic carboxylic acids is 1. The molecule has 1 aromatic carbocycles. The highest BCUT2D eigenvalue weighted by atomic mass is 35.5. The number of hydrogen-bond acceptors (Lipinski definition) is 2. The van der Waals surface area contributed by atoms with E-state index in [4.69, 9.17) is 11.6 Å². The number of carbonyl (C=O) groups is 1. The van der Waals surface area contributed by atoms with E-state index in [0.29, 0.717) is 5.88 Å². The minimum atomic E-state index is -1.20. The zero-order valence-electron chi connectivity index (χ0n) is 6.87. The molecule has 0 saturated carbocycles. The van der Waals surface area contributed by atoms with Gasteiger partial charge in [-0.2, -0.15) is 0 Å². The second-order valence-corrected chi connectivity index (χ2v) is 2.75. The first kappa shape index (κ1) is 9.81. The number of hydrogen-bond donors (Lipinski definition) is 0. The van der Waals surface area contributed by atoms with Gasteiger partial charge in [0.2, 0.25) is 0 Å². The van der Waals surface area contributed by atoms with Crippen molar-refractivity contribution in [3.05, 3.63) is 41.5 Å². The Balaban J connectivity index is 2.93. The molecule has 0 heterocycles. The van der Waals surface area contributed by atoms with Gasteiger partial charge in [0.1, 0.15) is 0 Å². The van der Waals surface area contributed by atoms with Crippen molar-refractivity contribution in [1.82, 2.24) is 0 Å². The summed E-state index contributed by atoms with van der Waals surface area (Å²) in [4.78, 5) is 10.1. The molecule has 0 atom stereocenters. The molecule has 0 saturated heterocycles. The maximum absolute atomic E-state index is 10.1. The van der Waals surface area contributed by atoms with Crippen LogP contribution in [0.1, 0.15) is 11.1 Å². The van der Waals surface area contributed by atoms with E-state index in [-0.39, 0.29) is 0 Å². The third-order valence-electron chi connectivity index (χ3n) is 1.60. The third-order valence-corrected chi connectivity index (χ3v) is 1.89. The summed E-state index contributed by atoms with van der Waals surface area (Å²) in [5.74, 6) is -0.836. The van der Waals surface area contributed by atoms with Gasteiger partial charge in [-0.25, -0.2) is 0 Å². The number of alkyl halides is 1. The molecule has 2 nitrogen and oxygen atoms in total. The van der Waals surface area contributed by atoms with Crippen LogP contribution in [0.15, 0.2) is 30.3 Å². The largest absolute Gasteiger partial charge is 0.545 e. The summed E-state index contributed by atoms with van der Waals surface area (Å²) in [5, 5.41) is 10.1. The summed E-state index contributed by atoms with van der Waals surface area (Å²) in [6, 6.07) is 7.33. The van der Waals surface area contributed by atoms with Gasteiger partial charge in [0.15, 0.2) is 0 Å². The standard InChI is InChI=1S/C10H9ClO2/c11-7-9-4-2-1-3-8(9)5-6-10(12)13/h1-6H,7H2,(H,12,13)/p-1/b6-5+. The summed E-state index contributed by atoms with van der Waals surface area (Å²) in [6.07, 6.45) is 2.47. The first-order chi connectivity index (χ1) is 6.24. The molecule has 1 aromatic rings. The van der Waals surface area contributed by atoms with Crippen LogP contribution < -0.4 is 5.11 Å². The Morgan fingerprint density at radius 3 is 2.77 bits per heavy atom. The van der Waals surface area contributed by atoms with Gasteiger partial charge in [0, 0.05) is 5.88 Å². The summed E-state index contributed by atoms with van der Waals surface area (Å²) in [6.45, 7) is 0. The van der Waals surface area contributed by atoms with E-state index in [1.54, 1.807) is 6.07 Å². The number of carboxylic acids is 1. The maximum atomic E-state index is 10.1. The lowest BCUT2D eigenvalue weighted by Crippen LogP contribution is -2.18. The first-order valence-corrected chi connectivity index (χ1v) is 4.30. The fraction of sp³-hybridized carbons (Fsp3) is 0.100. The van der Waals surface area contributed by atoms with Crippen LogP contribution in [0, 0.1) is 0 Å². The molecule has 13 heavy (non-hydrogen) atoms. The highest BCUT2D eigenvalue weighted by Crippen LogP contribution is 2.12. The molecule has 0 bridgehead atoms. The van der Waals surface area contributed by atoms with Crippen molar-refractivity contribution in [1.29, 1.82) is 0 Å². The van der Waals surface area contributed by atoms with Crippen molar-refractivity contribution in [2.24, 2.45) is 0 Å². The fourth-order valence-corrected chi connectivity index (χ4v) is 1.22. The Morgan fingerprint density at radius 2 is 2.15 bits per heavy atom. The Labute approximate surface area is 81.5 Å². The highest BCUT2D eigenvalue weighted by molar-refractivity contribution is 6.17. The van der Waals surface area contributed by atoms with Gasteiger partial charge in [0.25, 0.3) is 0 Å². The van der Waals surface area contributed by atoms with Crippen molar-refractivity contribution in [2.45, 2.75) is 5.88 Å². The molecular weight excluding hydrogens is 188 g/mol. The molecule has 1 rings (SSSR count). The molecule has 0 fully saturated rings. The Kier molecular flexibility index (Phi) is 3.53. The summed E-state index contributed by atoms with van der Waals surface area (Å²) >= 11 is 5.65. The maximum Gasteiger partial charge on any atom is 0.0643 e. The van der Waals surface area contributed by atoms with Crippen LogP contribution in [0.4, 0.5) is 0 Å². The van der Waals surface area contributed by atoms with Gasteiger partial charge in [-0.1, -0.05) is 30.3 Å². The molecule has 0 aliphatic carbocycles. The van der Waals surface area contributed by atoms with E-state index in [1.165, 1.54) is 6.08 Å². The number of halogens is 1. The topological polar surface area (TPSA) is 40.1 Å². The van der Waals surface area contributed by atoms with Crippen molar-refractivity contribution >= 4 is 23.6 Å². The number of rotatable bonds is 3. The molecular formula is C10H8ClO2-. The number of carbonyl (C=O) groups excluding carboxylic acids is 1. The van der Waals surface area contributed by atoms with Crippen molar-refractivity contribution in [2.75, 3.05) is 0 Å². The molecule has 0 aromatic heterocycles. The summed E-state index contributed by atoms with van der Waals surface area (Å²) < 4.78 is 0. The number of benzene rings is 1. The molecule has 0 unspecified atom stereocenters. The lowest BCUT2D eigenvalue weighted by atomic mass is 10.1. The first-order valence-electron chi connectivity index (χ1n) is 3.77. The lowest BCUT2D eigenvalue weighted by Gasteiger charge is -2.00. The Morgan fingerprint density at radius 1 is 1.46 bits per heavy atom. The van der Waals surface area contributed by atoms with Gasteiger partial charge >= 0.3 is 0 Å². The van der Waals surface area contributed by atoms with Crippen molar-refractivity contribution in [3.8, 4) is 0 Å². The molecule has 0 spiro atoms. The van der Waals surface area contributed by atoms with Crippen LogP contribution in [0.2, 0.25) is 0 Å². The van der Waals surface area contributed by atoms with E-state index < -0.39 is 5.97 Å². The third kappa shape index (κ3) is 2.92. The van der Waals surface area contributed by atoms with E-state index in [2.05, 4.69) is 0 Å². The van der Waals surface area contributed by atoms with Crippen LogP contribution in [0.3, 0.4) is 0 Å². The average molecular weight is 196 g/mol. The SMILES string of the molecule is O=C([O-])/C=C/c1ccccc1CCl. The molecule has 0 aliphatic rings. The predicted molar refractivity (Wildman–Crippen MR) is 50.0 cm³/mol. The molecule has 68 valence electrons. The van der Waals surface area contributed by atoms with E-state index in [9.17, 15) is 9.90 Å². The van der Waals surface area contributed by atoms with Crippen LogP contribution in [0.25, 0.3) is 6.08 Å². The highest BCUT2D eigenvalue weighted by Gasteiger charge is 1.94. The number of carboxylic acid groups (broad SMARTS) is 1. The minimum Gasteiger partial charge on any atom is -0.545 e. The van der Waals surface area contributed by atoms with E-state index in [0.717, 1.165) is 17.2 Å². The van der Waals surface area contributed by atoms with Gasteiger partial charge < -0.3 is 9.90 Å². The monoisotopic (exact) mass is 195 g/mol. The van der Waals surface area contributed by atoms with Crippen molar-refractivity contribution < 1.29 is 9.90 Å². The zero-order chi connectivity index (χ0) is 9.68. The van der Waals surface area contributed by atoms with Gasteiger partial charge in [-0.05, 0) is 17.2 Å². The Bertz CT molecular complexity index is 331. The lowest BCUT2D eigenvalue weighted by molar-refractivity contribution is -0.297. The van der Waals surface area contributed by atoms with E-state index in [1.807, 2.05) is 18.2 Å². The predicted octanol–water partition coefficient (Wildman–Crippen LogP) is 1.19. The smallest absolute Gasteiger partial charge is 0.0643 e. The van der Waals surface area contributed by atoms with Gasteiger partial charge in [-0.15, -0.1) is 11.6 Å². The summed E-state index contributed by atoms with van der Waals surface area (Å²) in [5.41, 5.74) is 1.71. The molecule has 0 aliphatic heterocycles. The van der Waals surface area contributed by atoms with Crippen LogP contribution in [-0.2, 0) is 10.7 Å². The minimum absolute atomic E-state index is 0.369. The molecule has 0 radical (unpaired) electrons. The van der Waals surface area contributed by atoms with Gasteiger partial charge in [-0.3, -0.25) is 0 Å². The Hall–Kier alpha value is -1.28. The quantitative estimate of drug-likeness (QED) is 0.537.